The molecule has 2 aliphatic carbocycles. The summed E-state index contributed by atoms with van der Waals surface area (Å²) in [5.41, 5.74) is 6.14. The number of carbonyl (C=O) groups is 1. The van der Waals surface area contributed by atoms with Crippen LogP contribution in [-0.4, -0.2) is 43.0 Å². The van der Waals surface area contributed by atoms with Crippen LogP contribution in [0.4, 0.5) is 0 Å². The molecule has 0 heterocycles. The molecule has 0 spiro atoms. The van der Waals surface area contributed by atoms with Crippen molar-refractivity contribution in [1.29, 1.82) is 0 Å². The van der Waals surface area contributed by atoms with Gasteiger partial charge in [0, 0.05) is 24.5 Å². The molecule has 2 saturated carbocycles. The van der Waals surface area contributed by atoms with E-state index < -0.39 is 0 Å². The van der Waals surface area contributed by atoms with Crippen LogP contribution >= 0.6 is 0 Å². The molecule has 2 fully saturated rings. The van der Waals surface area contributed by atoms with Crippen LogP contribution in [0.3, 0.4) is 0 Å². The van der Waals surface area contributed by atoms with E-state index in [1.807, 2.05) is 0 Å². The van der Waals surface area contributed by atoms with E-state index in [0.717, 1.165) is 25.8 Å². The summed E-state index contributed by atoms with van der Waals surface area (Å²) >= 11 is 0. The molecule has 3 N–H and O–H groups in total. The Bertz CT molecular complexity index is 318. The fraction of sp³-hybridized carbons (Fsp3) is 0.938. The zero-order valence-electron chi connectivity index (χ0n) is 13.2. The number of rotatable bonds is 6. The van der Waals surface area contributed by atoms with E-state index in [2.05, 4.69) is 24.3 Å². The molecule has 2 aliphatic rings. The summed E-state index contributed by atoms with van der Waals surface area (Å²) in [6, 6.07) is 0.402. The van der Waals surface area contributed by atoms with E-state index in [0.29, 0.717) is 18.4 Å². The Balaban J connectivity index is 1.63. The SMILES string of the molecule is CN(C)C1(CNC(=O)CCC2CCC(N)CC2)CCC1. The summed E-state index contributed by atoms with van der Waals surface area (Å²) in [4.78, 5) is 14.3. The van der Waals surface area contributed by atoms with Gasteiger partial charge in [-0.05, 0) is 71.4 Å². The van der Waals surface area contributed by atoms with Crippen molar-refractivity contribution in [3.63, 3.8) is 0 Å². The first kappa shape index (κ1) is 15.8. The number of hydrogen-bond acceptors (Lipinski definition) is 3. The third-order valence-electron chi connectivity index (χ3n) is 5.52. The molecule has 0 aromatic heterocycles. The minimum absolute atomic E-state index is 0.229. The third kappa shape index (κ3) is 3.95. The first-order valence-corrected chi connectivity index (χ1v) is 8.21. The molecule has 2 rings (SSSR count). The van der Waals surface area contributed by atoms with Crippen LogP contribution in [0.25, 0.3) is 0 Å². The molecule has 0 radical (unpaired) electrons. The highest BCUT2D eigenvalue weighted by Gasteiger charge is 2.39. The van der Waals surface area contributed by atoms with Crippen molar-refractivity contribution in [2.45, 2.75) is 69.4 Å². The van der Waals surface area contributed by atoms with Gasteiger partial charge in [0.25, 0.3) is 0 Å². The second-order valence-electron chi connectivity index (χ2n) is 7.07. The number of nitrogens with one attached hydrogen (secondary N) is 1. The quantitative estimate of drug-likeness (QED) is 0.781. The van der Waals surface area contributed by atoms with Crippen LogP contribution in [0.5, 0.6) is 0 Å². The monoisotopic (exact) mass is 281 g/mol. The molecule has 0 aromatic rings. The fourth-order valence-electron chi connectivity index (χ4n) is 3.53. The van der Waals surface area contributed by atoms with Gasteiger partial charge in [-0.1, -0.05) is 0 Å². The normalized spacial score (nSPS) is 29.0. The lowest BCUT2D eigenvalue weighted by atomic mass is 9.75. The second kappa shape index (κ2) is 6.90. The fourth-order valence-corrected chi connectivity index (χ4v) is 3.53. The molecule has 0 bridgehead atoms. The lowest BCUT2D eigenvalue weighted by Crippen LogP contribution is -2.57. The molecule has 1 amide bonds. The lowest BCUT2D eigenvalue weighted by molar-refractivity contribution is -0.122. The van der Waals surface area contributed by atoms with Crippen LogP contribution in [-0.2, 0) is 4.79 Å². The molecule has 0 aromatic carbocycles. The zero-order chi connectivity index (χ0) is 14.6. The second-order valence-corrected chi connectivity index (χ2v) is 7.07. The number of hydrogen-bond donors (Lipinski definition) is 2. The van der Waals surface area contributed by atoms with Crippen molar-refractivity contribution < 1.29 is 4.79 Å². The number of nitrogens with zero attached hydrogens (tertiary/aromatic N) is 1. The summed E-state index contributed by atoms with van der Waals surface area (Å²) in [5, 5.41) is 3.15. The van der Waals surface area contributed by atoms with Crippen molar-refractivity contribution in [1.82, 2.24) is 10.2 Å². The lowest BCUT2D eigenvalue weighted by Gasteiger charge is -2.47. The van der Waals surface area contributed by atoms with Crippen LogP contribution in [0.15, 0.2) is 0 Å². The molecule has 0 saturated heterocycles. The number of carbonyl (C=O) groups excluding carboxylic acids is 1. The maximum absolute atomic E-state index is 12.0. The highest BCUT2D eigenvalue weighted by molar-refractivity contribution is 5.75. The molecule has 0 atom stereocenters. The zero-order valence-corrected chi connectivity index (χ0v) is 13.2. The summed E-state index contributed by atoms with van der Waals surface area (Å²) in [5.74, 6) is 0.944. The van der Waals surface area contributed by atoms with E-state index in [1.54, 1.807) is 0 Å². The van der Waals surface area contributed by atoms with Gasteiger partial charge < -0.3 is 16.0 Å². The standard InChI is InChI=1S/C16H31N3O/c1-19(2)16(10-3-11-16)12-18-15(20)9-6-13-4-7-14(17)8-5-13/h13-14H,3-12,17H2,1-2H3,(H,18,20). The Kier molecular flexibility index (Phi) is 5.44. The number of nitrogens with two attached hydrogens (primary N) is 1. The third-order valence-corrected chi connectivity index (χ3v) is 5.52. The smallest absolute Gasteiger partial charge is 0.220 e. The molecular formula is C16H31N3O. The van der Waals surface area contributed by atoms with Gasteiger partial charge in [0.1, 0.15) is 0 Å². The van der Waals surface area contributed by atoms with Crippen molar-refractivity contribution in [3.8, 4) is 0 Å². The maximum Gasteiger partial charge on any atom is 0.220 e. The molecule has 4 nitrogen and oxygen atoms in total. The van der Waals surface area contributed by atoms with E-state index in [9.17, 15) is 4.79 Å². The number of amides is 1. The summed E-state index contributed by atoms with van der Waals surface area (Å²) in [7, 11) is 4.24. The Morgan fingerprint density at radius 2 is 1.90 bits per heavy atom. The topological polar surface area (TPSA) is 58.4 Å². The van der Waals surface area contributed by atoms with Crippen LogP contribution < -0.4 is 11.1 Å². The van der Waals surface area contributed by atoms with Crippen LogP contribution in [0.2, 0.25) is 0 Å². The molecule has 4 heteroatoms. The average Bonchev–Trinajstić information content (AvgIpc) is 2.36. The van der Waals surface area contributed by atoms with Crippen LogP contribution in [0, 0.1) is 5.92 Å². The molecular weight excluding hydrogens is 250 g/mol. The maximum atomic E-state index is 12.0. The summed E-state index contributed by atoms with van der Waals surface area (Å²) < 4.78 is 0. The molecule has 116 valence electrons. The highest BCUT2D eigenvalue weighted by Crippen LogP contribution is 2.35. The van der Waals surface area contributed by atoms with Crippen molar-refractivity contribution >= 4 is 5.91 Å². The number of likely N-dealkylation sites (N-methyl/N-ethyl adjacent to an activating group) is 1. The summed E-state index contributed by atoms with van der Waals surface area (Å²) in [6.07, 6.45) is 10.1. The van der Waals surface area contributed by atoms with E-state index >= 15 is 0 Å². The van der Waals surface area contributed by atoms with E-state index in [1.165, 1.54) is 32.1 Å². The Labute approximate surface area is 123 Å². The summed E-state index contributed by atoms with van der Waals surface area (Å²) in [6.45, 7) is 0.814. The van der Waals surface area contributed by atoms with Crippen molar-refractivity contribution in [2.24, 2.45) is 11.7 Å². The first-order chi connectivity index (χ1) is 9.52. The van der Waals surface area contributed by atoms with Gasteiger partial charge in [-0.2, -0.15) is 0 Å². The van der Waals surface area contributed by atoms with Gasteiger partial charge in [-0.25, -0.2) is 0 Å². The molecule has 20 heavy (non-hydrogen) atoms. The minimum atomic E-state index is 0.229. The van der Waals surface area contributed by atoms with Gasteiger partial charge in [0.2, 0.25) is 5.91 Å². The predicted octanol–water partition coefficient (Wildman–Crippen LogP) is 1.88. The highest BCUT2D eigenvalue weighted by atomic mass is 16.1. The van der Waals surface area contributed by atoms with E-state index in [-0.39, 0.29) is 11.4 Å². The van der Waals surface area contributed by atoms with Gasteiger partial charge >= 0.3 is 0 Å². The minimum Gasteiger partial charge on any atom is -0.354 e. The first-order valence-electron chi connectivity index (χ1n) is 8.21. The van der Waals surface area contributed by atoms with Gasteiger partial charge in [0.15, 0.2) is 0 Å². The average molecular weight is 281 g/mol. The predicted molar refractivity (Wildman–Crippen MR) is 82.4 cm³/mol. The molecule has 0 aliphatic heterocycles. The van der Waals surface area contributed by atoms with Crippen molar-refractivity contribution in [3.05, 3.63) is 0 Å². The van der Waals surface area contributed by atoms with Gasteiger partial charge in [-0.15, -0.1) is 0 Å². The molecule has 0 unspecified atom stereocenters. The van der Waals surface area contributed by atoms with Gasteiger partial charge in [0.05, 0.1) is 0 Å². The Morgan fingerprint density at radius 1 is 1.25 bits per heavy atom. The van der Waals surface area contributed by atoms with Crippen molar-refractivity contribution in [2.75, 3.05) is 20.6 Å². The van der Waals surface area contributed by atoms with E-state index in [4.69, 9.17) is 5.73 Å². The Morgan fingerprint density at radius 3 is 2.40 bits per heavy atom. The van der Waals surface area contributed by atoms with Crippen LogP contribution in [0.1, 0.15) is 57.8 Å². The largest absolute Gasteiger partial charge is 0.354 e. The van der Waals surface area contributed by atoms with Gasteiger partial charge in [-0.3, -0.25) is 4.79 Å². The Hall–Kier alpha value is -0.610.